The Morgan fingerprint density at radius 3 is 2.67 bits per heavy atom. The highest BCUT2D eigenvalue weighted by atomic mass is 79.9. The highest BCUT2D eigenvalue weighted by Crippen LogP contribution is 2.43. The number of halogens is 5. The topological polar surface area (TPSA) is 71.8 Å². The number of hydrogen-bond donors (Lipinski definition) is 2. The van der Waals surface area contributed by atoms with Crippen LogP contribution in [0.4, 0.5) is 24.7 Å². The molecule has 1 aliphatic rings. The van der Waals surface area contributed by atoms with Crippen LogP contribution in [-0.4, -0.2) is 26.8 Å². The van der Waals surface area contributed by atoms with Crippen LogP contribution in [0.3, 0.4) is 0 Å². The van der Waals surface area contributed by atoms with Gasteiger partial charge in [0, 0.05) is 23.2 Å². The summed E-state index contributed by atoms with van der Waals surface area (Å²) in [6, 6.07) is 8.97. The fourth-order valence-corrected chi connectivity index (χ4v) is 3.69. The van der Waals surface area contributed by atoms with Crippen LogP contribution in [0.5, 0.6) is 0 Å². The van der Waals surface area contributed by atoms with Gasteiger partial charge in [-0.1, -0.05) is 39.7 Å². The van der Waals surface area contributed by atoms with Crippen molar-refractivity contribution in [2.75, 3.05) is 10.6 Å². The summed E-state index contributed by atoms with van der Waals surface area (Å²) in [7, 11) is 0. The molecule has 30 heavy (non-hydrogen) atoms. The predicted molar refractivity (Wildman–Crippen MR) is 110 cm³/mol. The van der Waals surface area contributed by atoms with Gasteiger partial charge < -0.3 is 10.6 Å². The third-order valence-corrected chi connectivity index (χ3v) is 5.53. The van der Waals surface area contributed by atoms with Gasteiger partial charge >= 0.3 is 6.18 Å². The van der Waals surface area contributed by atoms with Crippen molar-refractivity contribution in [3.8, 4) is 0 Å². The number of hydrogen-bond acceptors (Lipinski definition) is 4. The first-order chi connectivity index (χ1) is 14.2. The zero-order chi connectivity index (χ0) is 21.5. The molecule has 0 saturated heterocycles. The highest BCUT2D eigenvalue weighted by Gasteiger charge is 2.46. The van der Waals surface area contributed by atoms with E-state index in [-0.39, 0.29) is 28.8 Å². The summed E-state index contributed by atoms with van der Waals surface area (Å²) in [6.45, 7) is 0. The van der Waals surface area contributed by atoms with E-state index in [1.54, 1.807) is 30.3 Å². The molecule has 2 aromatic heterocycles. The van der Waals surface area contributed by atoms with Gasteiger partial charge in [-0.3, -0.25) is 4.79 Å². The lowest BCUT2D eigenvalue weighted by molar-refractivity contribution is -0.173. The molecule has 1 aromatic carbocycles. The van der Waals surface area contributed by atoms with Crippen LogP contribution in [-0.2, 0) is 0 Å². The van der Waals surface area contributed by atoms with Crippen LogP contribution in [0.2, 0.25) is 5.15 Å². The summed E-state index contributed by atoms with van der Waals surface area (Å²) in [5.74, 6) is -0.575. The Hall–Kier alpha value is -2.59. The van der Waals surface area contributed by atoms with Crippen LogP contribution < -0.4 is 10.6 Å². The molecule has 1 aliphatic heterocycles. The van der Waals surface area contributed by atoms with Crippen molar-refractivity contribution < 1.29 is 18.0 Å². The lowest BCUT2D eigenvalue weighted by Crippen LogP contribution is -2.35. The molecule has 11 heteroatoms. The van der Waals surface area contributed by atoms with E-state index in [0.29, 0.717) is 5.56 Å². The molecule has 3 aromatic rings. The second kappa shape index (κ2) is 7.92. The van der Waals surface area contributed by atoms with E-state index >= 15 is 0 Å². The lowest BCUT2D eigenvalue weighted by Gasteiger charge is -2.33. The zero-order valence-corrected chi connectivity index (χ0v) is 17.5. The van der Waals surface area contributed by atoms with E-state index in [9.17, 15) is 18.0 Å². The van der Waals surface area contributed by atoms with E-state index in [1.165, 1.54) is 18.3 Å². The number of nitrogens with zero attached hydrogens (tertiary/aromatic N) is 3. The Kier molecular flexibility index (Phi) is 5.46. The summed E-state index contributed by atoms with van der Waals surface area (Å²) < 4.78 is 42.9. The highest BCUT2D eigenvalue weighted by molar-refractivity contribution is 9.10. The fourth-order valence-electron chi connectivity index (χ4n) is 3.26. The number of aromatic nitrogens is 3. The third kappa shape index (κ3) is 4.15. The molecule has 4 rings (SSSR count). The number of amides is 1. The van der Waals surface area contributed by atoms with E-state index in [4.69, 9.17) is 11.6 Å². The number of benzene rings is 1. The van der Waals surface area contributed by atoms with Crippen LogP contribution in [0.25, 0.3) is 0 Å². The molecule has 0 spiro atoms. The molecule has 2 N–H and O–H groups in total. The molecule has 0 aliphatic carbocycles. The largest absolute Gasteiger partial charge is 0.410 e. The number of alkyl halides is 3. The van der Waals surface area contributed by atoms with Gasteiger partial charge in [-0.25, -0.2) is 9.67 Å². The maximum atomic E-state index is 13.8. The SMILES string of the molecule is O=C(Nc1cccnc1Cl)c1cc2n(n1)[C@H](C(F)(F)F)C[C@@H](c1ccc(Br)cc1)N2. The number of rotatable bonds is 3. The van der Waals surface area contributed by atoms with Gasteiger partial charge in [0.25, 0.3) is 5.91 Å². The molecule has 156 valence electrons. The number of carbonyl (C=O) groups excluding carboxylic acids is 1. The summed E-state index contributed by atoms with van der Waals surface area (Å²) in [4.78, 5) is 16.4. The quantitative estimate of drug-likeness (QED) is 0.459. The maximum Gasteiger partial charge on any atom is 0.410 e. The molecule has 2 atom stereocenters. The second-order valence-corrected chi connectivity index (χ2v) is 7.97. The molecule has 0 radical (unpaired) electrons. The number of carbonyl (C=O) groups is 1. The Balaban J connectivity index is 1.65. The molecule has 0 fully saturated rings. The van der Waals surface area contributed by atoms with Gasteiger partial charge in [-0.2, -0.15) is 18.3 Å². The van der Waals surface area contributed by atoms with Crippen molar-refractivity contribution in [2.45, 2.75) is 24.7 Å². The van der Waals surface area contributed by atoms with Crippen molar-refractivity contribution >= 4 is 44.9 Å². The normalized spacial score (nSPS) is 18.4. The minimum Gasteiger partial charge on any atom is -0.363 e. The van der Waals surface area contributed by atoms with E-state index in [2.05, 4.69) is 36.6 Å². The van der Waals surface area contributed by atoms with Gasteiger partial charge in [-0.15, -0.1) is 0 Å². The van der Waals surface area contributed by atoms with E-state index in [1.807, 2.05) is 0 Å². The van der Waals surface area contributed by atoms with Gasteiger partial charge in [-0.05, 0) is 29.8 Å². The Bertz CT molecular complexity index is 1090. The van der Waals surface area contributed by atoms with Crippen LogP contribution >= 0.6 is 27.5 Å². The first-order valence-corrected chi connectivity index (χ1v) is 9.99. The zero-order valence-electron chi connectivity index (χ0n) is 15.1. The predicted octanol–water partition coefficient (Wildman–Crippen LogP) is 5.61. The number of pyridine rings is 1. The van der Waals surface area contributed by atoms with Crippen LogP contribution in [0.15, 0.2) is 53.1 Å². The van der Waals surface area contributed by atoms with Gasteiger partial charge in [0.05, 0.1) is 11.7 Å². The van der Waals surface area contributed by atoms with Gasteiger partial charge in [0.1, 0.15) is 5.82 Å². The lowest BCUT2D eigenvalue weighted by atomic mass is 9.97. The molecule has 0 unspecified atom stereocenters. The van der Waals surface area contributed by atoms with Crippen molar-refractivity contribution in [3.05, 3.63) is 69.5 Å². The number of fused-ring (bicyclic) bond motifs is 1. The average molecular weight is 501 g/mol. The minimum atomic E-state index is -4.53. The van der Waals surface area contributed by atoms with Crippen molar-refractivity contribution in [1.82, 2.24) is 14.8 Å². The van der Waals surface area contributed by atoms with Crippen LogP contribution in [0.1, 0.15) is 34.6 Å². The molecule has 1 amide bonds. The summed E-state index contributed by atoms with van der Waals surface area (Å²) in [5.41, 5.74) is 0.777. The van der Waals surface area contributed by atoms with Crippen LogP contribution in [0, 0.1) is 0 Å². The average Bonchev–Trinajstić information content (AvgIpc) is 3.13. The minimum absolute atomic E-state index is 0.0661. The van der Waals surface area contributed by atoms with Crippen molar-refractivity contribution in [1.29, 1.82) is 0 Å². The molecular formula is C19H14BrClF3N5O. The molecule has 3 heterocycles. The van der Waals surface area contributed by atoms with Gasteiger partial charge in [0.15, 0.2) is 16.9 Å². The van der Waals surface area contributed by atoms with E-state index in [0.717, 1.165) is 9.15 Å². The van der Waals surface area contributed by atoms with Gasteiger partial charge in [0.2, 0.25) is 0 Å². The molecule has 0 saturated carbocycles. The maximum absolute atomic E-state index is 13.8. The Morgan fingerprint density at radius 2 is 2.00 bits per heavy atom. The van der Waals surface area contributed by atoms with Crippen molar-refractivity contribution in [2.24, 2.45) is 0 Å². The molecule has 6 nitrogen and oxygen atoms in total. The smallest absolute Gasteiger partial charge is 0.363 e. The molecular weight excluding hydrogens is 487 g/mol. The Labute approximate surface area is 182 Å². The number of nitrogens with one attached hydrogen (secondary N) is 2. The monoisotopic (exact) mass is 499 g/mol. The summed E-state index contributed by atoms with van der Waals surface area (Å²) >= 11 is 9.24. The first kappa shape index (κ1) is 20.7. The fraction of sp³-hybridized carbons (Fsp3) is 0.211. The van der Waals surface area contributed by atoms with E-state index < -0.39 is 24.2 Å². The third-order valence-electron chi connectivity index (χ3n) is 4.70. The Morgan fingerprint density at radius 1 is 1.27 bits per heavy atom. The summed E-state index contributed by atoms with van der Waals surface area (Å²) in [6.07, 6.45) is -3.33. The number of anilines is 2. The van der Waals surface area contributed by atoms with Crippen molar-refractivity contribution in [3.63, 3.8) is 0 Å². The standard InChI is InChI=1S/C19H14BrClF3N5O/c20-11-5-3-10(4-6-11)13-8-15(19(22,23)24)29-16(26-13)9-14(28-29)18(30)27-12-2-1-7-25-17(12)21/h1-7,9,13,15,26H,8H2,(H,27,30)/t13-,15-/m0/s1. The summed E-state index contributed by atoms with van der Waals surface area (Å²) in [5, 5.41) is 9.55. The first-order valence-electron chi connectivity index (χ1n) is 8.82. The molecule has 0 bridgehead atoms. The second-order valence-electron chi connectivity index (χ2n) is 6.70.